The fourth-order valence-corrected chi connectivity index (χ4v) is 1.58. The lowest BCUT2D eigenvalue weighted by Crippen LogP contribution is -2.14. The van der Waals surface area contributed by atoms with Crippen LogP contribution in [-0.2, 0) is 4.74 Å². The fourth-order valence-electron chi connectivity index (χ4n) is 1.58. The maximum atomic E-state index is 8.90. The lowest BCUT2D eigenvalue weighted by molar-refractivity contribution is 0.0302. The molecule has 0 heterocycles. The number of hydrogen-bond donors (Lipinski definition) is 1. The van der Waals surface area contributed by atoms with Crippen molar-refractivity contribution in [2.75, 3.05) is 13.2 Å². The molecule has 1 aliphatic carbocycles. The van der Waals surface area contributed by atoms with Crippen molar-refractivity contribution in [1.29, 1.82) is 0 Å². The number of rotatable bonds is 4. The Bertz CT molecular complexity index is 95.7. The predicted molar refractivity (Wildman–Crippen MR) is 44.5 cm³/mol. The summed E-state index contributed by atoms with van der Waals surface area (Å²) < 4.78 is 5.33. The highest BCUT2D eigenvalue weighted by Gasteiger charge is 2.14. The molecule has 0 amide bonds. The normalized spacial score (nSPS) is 22.4. The Morgan fingerprint density at radius 2 is 2.09 bits per heavy atom. The van der Waals surface area contributed by atoms with Crippen LogP contribution in [0.5, 0.6) is 0 Å². The second kappa shape index (κ2) is 4.73. The minimum Gasteiger partial charge on any atom is -0.391 e. The molecule has 66 valence electrons. The van der Waals surface area contributed by atoms with E-state index in [-0.39, 0.29) is 6.10 Å². The van der Waals surface area contributed by atoms with E-state index in [0.29, 0.717) is 6.61 Å². The van der Waals surface area contributed by atoms with Gasteiger partial charge in [0, 0.05) is 6.61 Å². The van der Waals surface area contributed by atoms with E-state index in [2.05, 4.69) is 0 Å². The minimum atomic E-state index is -0.309. The largest absolute Gasteiger partial charge is 0.391 e. The first-order chi connectivity index (χ1) is 5.29. The van der Waals surface area contributed by atoms with E-state index in [0.717, 1.165) is 12.5 Å². The standard InChI is InChI=1S/C9H18O2/c1-8(10)6-11-7-9-4-2-3-5-9/h8-10H,2-7H2,1H3/t8-/m0/s1. The Labute approximate surface area is 68.6 Å². The first kappa shape index (κ1) is 9.01. The van der Waals surface area contributed by atoms with Crippen LogP contribution in [0.4, 0.5) is 0 Å². The van der Waals surface area contributed by atoms with Gasteiger partial charge in [-0.3, -0.25) is 0 Å². The molecule has 0 aromatic carbocycles. The molecule has 2 nitrogen and oxygen atoms in total. The van der Waals surface area contributed by atoms with E-state index in [9.17, 15) is 0 Å². The van der Waals surface area contributed by atoms with Crippen LogP contribution < -0.4 is 0 Å². The summed E-state index contributed by atoms with van der Waals surface area (Å²) in [4.78, 5) is 0. The summed E-state index contributed by atoms with van der Waals surface area (Å²) in [5, 5.41) is 8.90. The molecule has 0 radical (unpaired) electrons. The molecule has 1 N–H and O–H groups in total. The van der Waals surface area contributed by atoms with Gasteiger partial charge < -0.3 is 9.84 Å². The molecule has 1 atom stereocenters. The number of aliphatic hydroxyl groups excluding tert-OH is 1. The van der Waals surface area contributed by atoms with Gasteiger partial charge in [0.05, 0.1) is 12.7 Å². The second-order valence-electron chi connectivity index (χ2n) is 3.54. The highest BCUT2D eigenvalue weighted by atomic mass is 16.5. The third kappa shape index (κ3) is 3.73. The summed E-state index contributed by atoms with van der Waals surface area (Å²) in [5.74, 6) is 0.772. The van der Waals surface area contributed by atoms with E-state index in [1.54, 1.807) is 6.92 Å². The van der Waals surface area contributed by atoms with Crippen LogP contribution in [-0.4, -0.2) is 24.4 Å². The molecule has 0 aromatic rings. The number of aliphatic hydroxyl groups is 1. The topological polar surface area (TPSA) is 29.5 Å². The van der Waals surface area contributed by atoms with Crippen molar-refractivity contribution in [3.8, 4) is 0 Å². The highest BCUT2D eigenvalue weighted by Crippen LogP contribution is 2.24. The minimum absolute atomic E-state index is 0.309. The average Bonchev–Trinajstić information content (AvgIpc) is 2.39. The van der Waals surface area contributed by atoms with E-state index >= 15 is 0 Å². The number of hydrogen-bond acceptors (Lipinski definition) is 2. The van der Waals surface area contributed by atoms with Crippen molar-refractivity contribution in [2.45, 2.75) is 38.7 Å². The van der Waals surface area contributed by atoms with E-state index < -0.39 is 0 Å². The molecule has 1 rings (SSSR count). The van der Waals surface area contributed by atoms with Gasteiger partial charge in [-0.25, -0.2) is 0 Å². The van der Waals surface area contributed by atoms with Crippen LogP contribution in [0.25, 0.3) is 0 Å². The Balaban J connectivity index is 1.94. The van der Waals surface area contributed by atoms with Gasteiger partial charge in [-0.15, -0.1) is 0 Å². The van der Waals surface area contributed by atoms with Crippen molar-refractivity contribution in [3.05, 3.63) is 0 Å². The van der Waals surface area contributed by atoms with Gasteiger partial charge in [-0.1, -0.05) is 12.8 Å². The summed E-state index contributed by atoms with van der Waals surface area (Å²) in [6, 6.07) is 0. The van der Waals surface area contributed by atoms with Gasteiger partial charge >= 0.3 is 0 Å². The third-order valence-corrected chi connectivity index (χ3v) is 2.19. The first-order valence-electron chi connectivity index (χ1n) is 4.55. The monoisotopic (exact) mass is 158 g/mol. The molecular weight excluding hydrogens is 140 g/mol. The second-order valence-corrected chi connectivity index (χ2v) is 3.54. The lowest BCUT2D eigenvalue weighted by Gasteiger charge is -2.10. The fraction of sp³-hybridized carbons (Fsp3) is 1.00. The van der Waals surface area contributed by atoms with Gasteiger partial charge in [0.2, 0.25) is 0 Å². The van der Waals surface area contributed by atoms with Crippen molar-refractivity contribution in [2.24, 2.45) is 5.92 Å². The molecule has 0 aromatic heterocycles. The Morgan fingerprint density at radius 1 is 1.45 bits per heavy atom. The van der Waals surface area contributed by atoms with Crippen LogP contribution in [0.15, 0.2) is 0 Å². The van der Waals surface area contributed by atoms with E-state index in [1.165, 1.54) is 25.7 Å². The van der Waals surface area contributed by atoms with Gasteiger partial charge in [-0.2, -0.15) is 0 Å². The van der Waals surface area contributed by atoms with Crippen LogP contribution in [0.1, 0.15) is 32.6 Å². The van der Waals surface area contributed by atoms with Crippen LogP contribution in [0.3, 0.4) is 0 Å². The first-order valence-corrected chi connectivity index (χ1v) is 4.55. The van der Waals surface area contributed by atoms with Crippen molar-refractivity contribution < 1.29 is 9.84 Å². The SMILES string of the molecule is C[C@H](O)COCC1CCCC1. The molecule has 2 heteroatoms. The van der Waals surface area contributed by atoms with Crippen molar-refractivity contribution in [1.82, 2.24) is 0 Å². The molecule has 0 aliphatic heterocycles. The molecule has 11 heavy (non-hydrogen) atoms. The van der Waals surface area contributed by atoms with Gasteiger partial charge in [0.25, 0.3) is 0 Å². The molecular formula is C9H18O2. The zero-order valence-electron chi connectivity index (χ0n) is 7.25. The molecule has 1 aliphatic rings. The van der Waals surface area contributed by atoms with Gasteiger partial charge in [-0.05, 0) is 25.7 Å². The summed E-state index contributed by atoms with van der Waals surface area (Å²) in [5.41, 5.74) is 0. The smallest absolute Gasteiger partial charge is 0.0745 e. The van der Waals surface area contributed by atoms with Crippen LogP contribution >= 0.6 is 0 Å². The van der Waals surface area contributed by atoms with E-state index in [4.69, 9.17) is 9.84 Å². The van der Waals surface area contributed by atoms with Crippen LogP contribution in [0.2, 0.25) is 0 Å². The van der Waals surface area contributed by atoms with Crippen LogP contribution in [0, 0.1) is 5.92 Å². The highest BCUT2D eigenvalue weighted by molar-refractivity contribution is 4.66. The summed E-state index contributed by atoms with van der Waals surface area (Å²) in [7, 11) is 0. The summed E-state index contributed by atoms with van der Waals surface area (Å²) in [6.07, 6.45) is 5.06. The number of ether oxygens (including phenoxy) is 1. The van der Waals surface area contributed by atoms with Crippen molar-refractivity contribution in [3.63, 3.8) is 0 Å². The average molecular weight is 158 g/mol. The maximum absolute atomic E-state index is 8.90. The molecule has 0 spiro atoms. The summed E-state index contributed by atoms with van der Waals surface area (Å²) >= 11 is 0. The van der Waals surface area contributed by atoms with Gasteiger partial charge in [0.15, 0.2) is 0 Å². The predicted octanol–water partition coefficient (Wildman–Crippen LogP) is 1.57. The Hall–Kier alpha value is -0.0800. The van der Waals surface area contributed by atoms with Crippen molar-refractivity contribution >= 4 is 0 Å². The van der Waals surface area contributed by atoms with Gasteiger partial charge in [0.1, 0.15) is 0 Å². The molecule has 0 saturated heterocycles. The third-order valence-electron chi connectivity index (χ3n) is 2.19. The lowest BCUT2D eigenvalue weighted by atomic mass is 10.1. The summed E-state index contributed by atoms with van der Waals surface area (Å²) in [6.45, 7) is 3.11. The zero-order valence-corrected chi connectivity index (χ0v) is 7.25. The molecule has 0 unspecified atom stereocenters. The Morgan fingerprint density at radius 3 is 2.64 bits per heavy atom. The zero-order chi connectivity index (χ0) is 8.10. The Kier molecular flexibility index (Phi) is 3.87. The molecule has 1 fully saturated rings. The quantitative estimate of drug-likeness (QED) is 0.673. The molecule has 1 saturated carbocycles. The van der Waals surface area contributed by atoms with E-state index in [1.807, 2.05) is 0 Å². The molecule has 0 bridgehead atoms. The maximum Gasteiger partial charge on any atom is 0.0745 e.